The molecule has 0 saturated carbocycles. The molecule has 0 radical (unpaired) electrons. The predicted octanol–water partition coefficient (Wildman–Crippen LogP) is 4.85. The van der Waals surface area contributed by atoms with E-state index in [2.05, 4.69) is 12.1 Å². The smallest absolute Gasteiger partial charge is 0.198 e. The number of thioether (sulfide) groups is 2. The van der Waals surface area contributed by atoms with Crippen LogP contribution in [0.25, 0.3) is 0 Å². The molecule has 0 aromatic heterocycles. The molecule has 1 heterocycles. The van der Waals surface area contributed by atoms with Gasteiger partial charge in [0.1, 0.15) is 0 Å². The number of carbonyl (C=O) groups is 2. The lowest BCUT2D eigenvalue weighted by molar-refractivity contribution is -0.113. The lowest BCUT2D eigenvalue weighted by Gasteiger charge is -2.29. The molecule has 0 amide bonds. The molecule has 0 aliphatic carbocycles. The topological polar surface area (TPSA) is 34.1 Å². The van der Waals surface area contributed by atoms with E-state index in [-0.39, 0.29) is 16.1 Å². The Morgan fingerprint density at radius 3 is 1.95 bits per heavy atom. The Morgan fingerprint density at radius 2 is 1.41 bits per heavy atom. The Hall–Kier alpha value is -1.78. The van der Waals surface area contributed by atoms with E-state index < -0.39 is 0 Å². The van der Waals surface area contributed by atoms with Crippen molar-refractivity contribution in [3.63, 3.8) is 0 Å². The van der Waals surface area contributed by atoms with E-state index in [1.54, 1.807) is 35.7 Å². The average Bonchev–Trinajstić information content (AvgIpc) is 2.51. The van der Waals surface area contributed by atoms with Crippen molar-refractivity contribution < 1.29 is 9.59 Å². The predicted molar refractivity (Wildman–Crippen MR) is 92.8 cm³/mol. The molecule has 0 bridgehead atoms. The van der Waals surface area contributed by atoms with E-state index in [9.17, 15) is 9.59 Å². The summed E-state index contributed by atoms with van der Waals surface area (Å²) in [7, 11) is 0. The molecule has 4 heteroatoms. The first-order valence-electron chi connectivity index (χ1n) is 6.90. The Kier molecular flexibility index (Phi) is 4.50. The maximum Gasteiger partial charge on any atom is 0.198 e. The van der Waals surface area contributed by atoms with Gasteiger partial charge in [-0.15, -0.1) is 0 Å². The van der Waals surface area contributed by atoms with Crippen molar-refractivity contribution in [2.45, 2.75) is 11.5 Å². The summed E-state index contributed by atoms with van der Waals surface area (Å²) in [5.74, 6) is -0.357. The minimum Gasteiger partial charge on any atom is -0.294 e. The van der Waals surface area contributed by atoms with Gasteiger partial charge in [0.25, 0.3) is 0 Å². The van der Waals surface area contributed by atoms with Crippen molar-refractivity contribution in [3.8, 4) is 0 Å². The molecule has 0 atom stereocenters. The van der Waals surface area contributed by atoms with Gasteiger partial charge in [0, 0.05) is 5.56 Å². The summed E-state index contributed by atoms with van der Waals surface area (Å²) in [5, 5.41) is 0. The van der Waals surface area contributed by atoms with E-state index in [1.165, 1.54) is 12.5 Å². The van der Waals surface area contributed by atoms with Crippen LogP contribution in [-0.4, -0.2) is 11.6 Å². The fraction of sp³-hybridized carbons (Fsp3) is 0.111. The van der Waals surface area contributed by atoms with Crippen molar-refractivity contribution in [2.75, 3.05) is 0 Å². The Bertz CT molecular complexity index is 728. The highest BCUT2D eigenvalue weighted by Crippen LogP contribution is 2.62. The van der Waals surface area contributed by atoms with Crippen LogP contribution in [0.4, 0.5) is 0 Å². The van der Waals surface area contributed by atoms with Gasteiger partial charge < -0.3 is 0 Å². The van der Waals surface area contributed by atoms with Crippen LogP contribution in [-0.2, 0) is 4.79 Å². The van der Waals surface area contributed by atoms with E-state index in [0.717, 1.165) is 4.24 Å². The Balaban J connectivity index is 1.84. The first-order chi connectivity index (χ1) is 10.7. The molecular weight excluding hydrogens is 312 g/mol. The molecule has 0 spiro atoms. The SMILES string of the molecule is CC(=O)C(C(=O)c1ccccc1)=C1SC(c2ccccc2)S1. The normalized spacial score (nSPS) is 16.8. The lowest BCUT2D eigenvalue weighted by atomic mass is 10.0. The zero-order valence-corrected chi connectivity index (χ0v) is 13.6. The number of hydrogen-bond acceptors (Lipinski definition) is 4. The van der Waals surface area contributed by atoms with Gasteiger partial charge in [0.15, 0.2) is 11.6 Å². The van der Waals surface area contributed by atoms with Crippen LogP contribution in [0.2, 0.25) is 0 Å². The molecule has 2 nitrogen and oxygen atoms in total. The van der Waals surface area contributed by atoms with Crippen molar-refractivity contribution >= 4 is 35.1 Å². The summed E-state index contributed by atoms with van der Waals surface area (Å²) in [6.45, 7) is 1.46. The molecule has 110 valence electrons. The minimum atomic E-state index is -0.186. The van der Waals surface area contributed by atoms with Crippen LogP contribution in [0.15, 0.2) is 70.5 Å². The molecule has 1 aliphatic heterocycles. The number of carbonyl (C=O) groups excluding carboxylic acids is 2. The monoisotopic (exact) mass is 326 g/mol. The molecule has 1 aliphatic rings. The summed E-state index contributed by atoms with van der Waals surface area (Å²) in [5.41, 5.74) is 2.08. The van der Waals surface area contributed by atoms with Gasteiger partial charge in [0.2, 0.25) is 0 Å². The van der Waals surface area contributed by atoms with Crippen LogP contribution in [0.3, 0.4) is 0 Å². The van der Waals surface area contributed by atoms with Gasteiger partial charge in [-0.2, -0.15) is 0 Å². The number of Topliss-reactive ketones (excluding diaryl/α,β-unsaturated/α-hetero) is 2. The molecule has 1 saturated heterocycles. The summed E-state index contributed by atoms with van der Waals surface area (Å²) < 4.78 is 1.09. The van der Waals surface area contributed by atoms with Crippen molar-refractivity contribution in [1.29, 1.82) is 0 Å². The first-order valence-corrected chi connectivity index (χ1v) is 8.66. The largest absolute Gasteiger partial charge is 0.294 e. The van der Waals surface area contributed by atoms with E-state index in [4.69, 9.17) is 0 Å². The van der Waals surface area contributed by atoms with Gasteiger partial charge in [-0.1, -0.05) is 84.2 Å². The van der Waals surface area contributed by atoms with Gasteiger partial charge in [-0.05, 0) is 12.5 Å². The Morgan fingerprint density at radius 1 is 0.864 bits per heavy atom. The molecule has 1 fully saturated rings. The fourth-order valence-corrected chi connectivity index (χ4v) is 4.77. The molecule has 2 aromatic carbocycles. The van der Waals surface area contributed by atoms with Gasteiger partial charge in [-0.3, -0.25) is 9.59 Å². The third-order valence-electron chi connectivity index (χ3n) is 3.32. The average molecular weight is 326 g/mol. The molecule has 0 N–H and O–H groups in total. The maximum atomic E-state index is 12.6. The molecular formula is C18H14O2S2. The van der Waals surface area contributed by atoms with E-state index in [1.807, 2.05) is 36.4 Å². The molecule has 0 unspecified atom stereocenters. The second kappa shape index (κ2) is 6.55. The number of hydrogen-bond donors (Lipinski definition) is 0. The van der Waals surface area contributed by atoms with Crippen molar-refractivity contribution in [2.24, 2.45) is 0 Å². The number of rotatable bonds is 4. The quantitative estimate of drug-likeness (QED) is 0.348. The van der Waals surface area contributed by atoms with Gasteiger partial charge >= 0.3 is 0 Å². The third kappa shape index (κ3) is 3.03. The third-order valence-corrected chi connectivity index (χ3v) is 6.28. The van der Waals surface area contributed by atoms with Crippen LogP contribution in [0.5, 0.6) is 0 Å². The van der Waals surface area contributed by atoms with Crippen molar-refractivity contribution in [3.05, 3.63) is 81.6 Å². The van der Waals surface area contributed by atoms with E-state index in [0.29, 0.717) is 11.1 Å². The zero-order chi connectivity index (χ0) is 15.5. The van der Waals surface area contributed by atoms with Gasteiger partial charge in [-0.25, -0.2) is 0 Å². The highest BCUT2D eigenvalue weighted by molar-refractivity contribution is 8.37. The second-order valence-corrected chi connectivity index (χ2v) is 7.68. The van der Waals surface area contributed by atoms with Crippen LogP contribution in [0, 0.1) is 0 Å². The number of ketones is 2. The van der Waals surface area contributed by atoms with E-state index >= 15 is 0 Å². The highest BCUT2D eigenvalue weighted by atomic mass is 32.3. The van der Waals surface area contributed by atoms with Crippen molar-refractivity contribution in [1.82, 2.24) is 0 Å². The minimum absolute atomic E-state index is 0.171. The molecule has 3 rings (SSSR count). The Labute approximate surface area is 138 Å². The standard InChI is InChI=1S/C18H14O2S2/c1-12(19)15(16(20)13-8-4-2-5-9-13)18-21-17(22-18)14-10-6-3-7-11-14/h2-11,17H,1H3. The summed E-state index contributed by atoms with van der Waals surface area (Å²) in [6, 6.07) is 19.1. The number of allylic oxidation sites excluding steroid dienone is 1. The first kappa shape index (κ1) is 15.1. The highest BCUT2D eigenvalue weighted by Gasteiger charge is 2.33. The molecule has 22 heavy (non-hydrogen) atoms. The second-order valence-electron chi connectivity index (χ2n) is 4.89. The fourth-order valence-electron chi connectivity index (χ4n) is 2.20. The summed E-state index contributed by atoms with van der Waals surface area (Å²) in [4.78, 5) is 24.5. The van der Waals surface area contributed by atoms with Crippen LogP contribution < -0.4 is 0 Å². The summed E-state index contributed by atoms with van der Waals surface area (Å²) >= 11 is 3.17. The zero-order valence-electron chi connectivity index (χ0n) is 12.0. The number of benzene rings is 2. The van der Waals surface area contributed by atoms with Gasteiger partial charge in [0.05, 0.1) is 14.4 Å². The maximum absolute atomic E-state index is 12.6. The van der Waals surface area contributed by atoms with Crippen LogP contribution >= 0.6 is 23.5 Å². The lowest BCUT2D eigenvalue weighted by Crippen LogP contribution is -2.15. The van der Waals surface area contributed by atoms with Crippen LogP contribution in [0.1, 0.15) is 27.4 Å². The molecule has 2 aromatic rings. The summed E-state index contributed by atoms with van der Waals surface area (Å²) in [6.07, 6.45) is 0.